The van der Waals surface area contributed by atoms with Crippen LogP contribution in [0.2, 0.25) is 0 Å². The van der Waals surface area contributed by atoms with E-state index in [9.17, 15) is 18.0 Å². The van der Waals surface area contributed by atoms with E-state index in [0.29, 0.717) is 51.8 Å². The van der Waals surface area contributed by atoms with Gasteiger partial charge in [0.25, 0.3) is 5.91 Å². The standard InChI is InChI=1S/C32H30F3IN2O4/c1-36-32(34,35)17-41-27-12-28-23(25(16-37-2)29(42-28)19-4-7-21(33)8-5-19)11-22(27)20-6-9-26(40-3)24(10-20)30(39)38-31-13-18(14-31)15-31/h4-12,18,37H,1,13-17H2,2-3H3,(H,38,39). The molecule has 0 unspecified atom stereocenters. The maximum Gasteiger partial charge on any atom is 0.324 e. The summed E-state index contributed by atoms with van der Waals surface area (Å²) in [6.45, 7) is -0.396. The maximum atomic E-state index is 14.3. The predicted molar refractivity (Wildman–Crippen MR) is 165 cm³/mol. The topological polar surface area (TPSA) is 72.7 Å². The fourth-order valence-corrected chi connectivity index (χ4v) is 6.27. The van der Waals surface area contributed by atoms with Crippen molar-refractivity contribution in [2.45, 2.75) is 35.3 Å². The Morgan fingerprint density at radius 1 is 1.10 bits per heavy atom. The molecule has 220 valence electrons. The van der Waals surface area contributed by atoms with Gasteiger partial charge >= 0.3 is 3.93 Å². The van der Waals surface area contributed by atoms with Crippen LogP contribution in [0.25, 0.3) is 33.4 Å². The number of carbonyl (C=O) groups is 1. The molecule has 3 aliphatic rings. The Balaban J connectivity index is 1.48. The van der Waals surface area contributed by atoms with Gasteiger partial charge in [0.2, 0.25) is 0 Å². The largest absolute Gasteiger partial charge is 0.496 e. The van der Waals surface area contributed by atoms with E-state index in [0.717, 1.165) is 30.2 Å². The molecular formula is C32H30F3IN2O4. The average Bonchev–Trinajstić information content (AvgIpc) is 3.30. The van der Waals surface area contributed by atoms with E-state index in [1.54, 1.807) is 43.4 Å². The number of ether oxygens (including phenoxy) is 2. The van der Waals surface area contributed by atoms with Crippen LogP contribution >= 0.6 is 20.7 Å². The highest BCUT2D eigenvalue weighted by Gasteiger charge is 2.57. The first-order chi connectivity index (χ1) is 20.1. The van der Waals surface area contributed by atoms with Gasteiger partial charge in [-0.05, 0) is 101 Å². The summed E-state index contributed by atoms with van der Waals surface area (Å²) in [4.78, 5) is 13.4. The van der Waals surface area contributed by atoms with Gasteiger partial charge in [0.05, 0.1) is 12.7 Å². The molecule has 4 aromatic rings. The van der Waals surface area contributed by atoms with Gasteiger partial charge < -0.3 is 24.5 Å². The summed E-state index contributed by atoms with van der Waals surface area (Å²) < 4.78 is 60.2. The molecule has 0 saturated heterocycles. The van der Waals surface area contributed by atoms with E-state index in [4.69, 9.17) is 13.9 Å². The van der Waals surface area contributed by atoms with Crippen molar-refractivity contribution < 1.29 is 31.9 Å². The van der Waals surface area contributed by atoms with Crippen LogP contribution in [0.15, 0.2) is 59.0 Å². The minimum absolute atomic E-state index is 0.131. The van der Waals surface area contributed by atoms with E-state index in [2.05, 4.69) is 15.1 Å². The zero-order valence-electron chi connectivity index (χ0n) is 23.2. The SMILES string of the molecule is C=IC(F)(F)COc1cc2oc(-c3ccc(F)cc3)c(CNC)c2cc1-c1ccc(OC)c(C(=O)NC23CC(C2)C3)c1. The van der Waals surface area contributed by atoms with Crippen molar-refractivity contribution >= 4 is 42.1 Å². The summed E-state index contributed by atoms with van der Waals surface area (Å²) in [5.74, 6) is 1.23. The van der Waals surface area contributed by atoms with Crippen LogP contribution in [0.5, 0.6) is 11.5 Å². The average molecular weight is 690 g/mol. The van der Waals surface area contributed by atoms with Crippen LogP contribution in [0.3, 0.4) is 0 Å². The van der Waals surface area contributed by atoms with Crippen molar-refractivity contribution in [3.63, 3.8) is 0 Å². The van der Waals surface area contributed by atoms with Gasteiger partial charge in [-0.15, -0.1) is 0 Å². The zero-order valence-corrected chi connectivity index (χ0v) is 25.3. The molecule has 0 aliphatic heterocycles. The zero-order chi connectivity index (χ0) is 29.6. The second kappa shape index (κ2) is 11.0. The number of amides is 1. The third-order valence-corrected chi connectivity index (χ3v) is 9.54. The van der Waals surface area contributed by atoms with Gasteiger partial charge in [0.1, 0.15) is 28.7 Å². The Kier molecular flexibility index (Phi) is 7.55. The number of carbonyl (C=O) groups excluding carboxylic acids is 1. The Labute approximate surface area is 251 Å². The molecule has 1 heterocycles. The van der Waals surface area contributed by atoms with Crippen molar-refractivity contribution in [1.29, 1.82) is 0 Å². The van der Waals surface area contributed by atoms with Gasteiger partial charge in [-0.3, -0.25) is 4.79 Å². The Morgan fingerprint density at radius 3 is 2.43 bits per heavy atom. The van der Waals surface area contributed by atoms with Crippen LogP contribution in [0.4, 0.5) is 13.2 Å². The number of fused-ring (bicyclic) bond motifs is 1. The molecular weight excluding hydrogens is 660 g/mol. The van der Waals surface area contributed by atoms with Gasteiger partial charge in [-0.25, -0.2) is 4.39 Å². The molecule has 2 N–H and O–H groups in total. The number of rotatable bonds is 11. The Morgan fingerprint density at radius 2 is 1.81 bits per heavy atom. The van der Waals surface area contributed by atoms with E-state index in [1.165, 1.54) is 19.2 Å². The van der Waals surface area contributed by atoms with Crippen molar-refractivity contribution in [3.8, 4) is 33.9 Å². The first-order valence-corrected chi connectivity index (χ1v) is 16.2. The lowest BCUT2D eigenvalue weighted by atomic mass is 9.50. The summed E-state index contributed by atoms with van der Waals surface area (Å²) >= 11 is -1.65. The fourth-order valence-electron chi connectivity index (χ4n) is 5.90. The highest BCUT2D eigenvalue weighted by atomic mass is 127. The van der Waals surface area contributed by atoms with Gasteiger partial charge in [-0.1, -0.05) is 10.6 Å². The van der Waals surface area contributed by atoms with E-state index in [-0.39, 0.29) is 23.0 Å². The molecule has 42 heavy (non-hydrogen) atoms. The van der Waals surface area contributed by atoms with Crippen LogP contribution in [-0.4, -0.2) is 40.7 Å². The third kappa shape index (κ3) is 5.30. The Hall–Kier alpha value is -3.38. The summed E-state index contributed by atoms with van der Waals surface area (Å²) in [5, 5.41) is 7.06. The first-order valence-electron chi connectivity index (χ1n) is 13.6. The molecule has 7 rings (SSSR count). The molecule has 0 spiro atoms. The summed E-state index contributed by atoms with van der Waals surface area (Å²) in [5.41, 5.74) is 3.27. The maximum absolute atomic E-state index is 14.3. The number of halogens is 4. The quantitative estimate of drug-likeness (QED) is 0.128. The smallest absolute Gasteiger partial charge is 0.324 e. The second-order valence-electron chi connectivity index (χ2n) is 11.0. The summed E-state index contributed by atoms with van der Waals surface area (Å²) in [6.07, 6.45) is 2.97. The van der Waals surface area contributed by atoms with Crippen LogP contribution in [-0.2, 0) is 6.54 Å². The van der Waals surface area contributed by atoms with Gasteiger partial charge in [0.15, 0.2) is 6.61 Å². The minimum Gasteiger partial charge on any atom is -0.496 e. The molecule has 3 aliphatic carbocycles. The number of hydrogen-bond donors (Lipinski definition) is 2. The lowest BCUT2D eigenvalue weighted by Gasteiger charge is -2.61. The van der Waals surface area contributed by atoms with Crippen molar-refractivity contribution in [2.75, 3.05) is 20.8 Å². The number of hydrogen-bond acceptors (Lipinski definition) is 5. The predicted octanol–water partition coefficient (Wildman–Crippen LogP) is 7.29. The van der Waals surface area contributed by atoms with Gasteiger partial charge in [0, 0.05) is 40.2 Å². The molecule has 3 fully saturated rings. The minimum atomic E-state index is -3.03. The summed E-state index contributed by atoms with van der Waals surface area (Å²) in [7, 11) is 3.31. The van der Waals surface area contributed by atoms with Crippen molar-refractivity contribution in [2.24, 2.45) is 5.92 Å². The van der Waals surface area contributed by atoms with Crippen molar-refractivity contribution in [1.82, 2.24) is 10.6 Å². The first kappa shape index (κ1) is 28.7. The number of alkyl halides is 3. The highest BCUT2D eigenvalue weighted by molar-refractivity contribution is 14.2. The number of nitrogens with one attached hydrogen (secondary N) is 2. The van der Waals surface area contributed by atoms with E-state index >= 15 is 0 Å². The molecule has 3 saturated carbocycles. The van der Waals surface area contributed by atoms with E-state index < -0.39 is 31.3 Å². The number of furan rings is 1. The molecule has 1 aromatic heterocycles. The van der Waals surface area contributed by atoms with E-state index in [1.807, 2.05) is 6.07 Å². The van der Waals surface area contributed by atoms with Crippen LogP contribution in [0, 0.1) is 11.7 Å². The number of benzene rings is 3. The molecule has 10 heteroatoms. The van der Waals surface area contributed by atoms with Crippen LogP contribution in [0.1, 0.15) is 35.2 Å². The number of methoxy groups -OCH3 is 1. The van der Waals surface area contributed by atoms with Crippen LogP contribution < -0.4 is 20.1 Å². The molecule has 0 atom stereocenters. The third-order valence-electron chi connectivity index (χ3n) is 8.11. The monoisotopic (exact) mass is 690 g/mol. The second-order valence-corrected chi connectivity index (χ2v) is 13.3. The fraction of sp³-hybridized carbons (Fsp3) is 0.312. The molecule has 6 nitrogen and oxygen atoms in total. The normalized spacial score (nSPS) is 19.2. The Bertz CT molecular complexity index is 1670. The molecule has 3 aromatic carbocycles. The lowest BCUT2D eigenvalue weighted by Crippen LogP contribution is -2.68. The molecule has 0 radical (unpaired) electrons. The highest BCUT2D eigenvalue weighted by Crippen LogP contribution is 2.57. The lowest BCUT2D eigenvalue weighted by molar-refractivity contribution is -0.0439. The summed E-state index contributed by atoms with van der Waals surface area (Å²) in [6, 6.07) is 14.6. The van der Waals surface area contributed by atoms with Gasteiger partial charge in [-0.2, -0.15) is 8.78 Å². The van der Waals surface area contributed by atoms with Crippen molar-refractivity contribution in [3.05, 3.63) is 71.5 Å². The molecule has 1 amide bonds. The molecule has 2 bridgehead atoms.